The maximum absolute atomic E-state index is 13.0. The second-order valence-electron chi connectivity index (χ2n) is 7.29. The normalized spacial score (nSPS) is 19.0. The van der Waals surface area contributed by atoms with E-state index in [4.69, 9.17) is 4.98 Å². The summed E-state index contributed by atoms with van der Waals surface area (Å²) in [5.74, 6) is 1.25. The van der Waals surface area contributed by atoms with Gasteiger partial charge in [0.1, 0.15) is 5.82 Å². The maximum atomic E-state index is 13.0. The van der Waals surface area contributed by atoms with Gasteiger partial charge < -0.3 is 10.2 Å². The molecule has 0 spiro atoms. The molecule has 5 heterocycles. The molecule has 6 heteroatoms. The fraction of sp³-hybridized carbons (Fsp3) is 0.333. The van der Waals surface area contributed by atoms with Gasteiger partial charge in [0.15, 0.2) is 5.65 Å². The molecular weight excluding hydrogens is 338 g/mol. The number of amides is 1. The molecule has 2 aliphatic rings. The van der Waals surface area contributed by atoms with Crippen molar-refractivity contribution in [2.45, 2.75) is 25.2 Å². The van der Waals surface area contributed by atoms with Gasteiger partial charge in [-0.3, -0.25) is 4.79 Å². The van der Waals surface area contributed by atoms with Gasteiger partial charge in [0, 0.05) is 49.0 Å². The van der Waals surface area contributed by atoms with Gasteiger partial charge in [0.2, 0.25) is 0 Å². The highest BCUT2D eigenvalue weighted by Gasteiger charge is 2.29. The Hall–Kier alpha value is -3.02. The third-order valence-corrected chi connectivity index (χ3v) is 5.51. The van der Waals surface area contributed by atoms with Gasteiger partial charge in [0.25, 0.3) is 5.91 Å². The quantitative estimate of drug-likeness (QED) is 0.762. The summed E-state index contributed by atoms with van der Waals surface area (Å²) in [6, 6.07) is 10.1. The molecule has 0 saturated carbocycles. The fourth-order valence-corrected chi connectivity index (χ4v) is 4.03. The molecular formula is C21H21N5O. The summed E-state index contributed by atoms with van der Waals surface area (Å²) in [5, 5.41) is 4.33. The molecule has 0 bridgehead atoms. The lowest BCUT2D eigenvalue weighted by Gasteiger charge is -2.20. The van der Waals surface area contributed by atoms with Crippen molar-refractivity contribution in [2.75, 3.05) is 25.0 Å². The van der Waals surface area contributed by atoms with Crippen LogP contribution in [0.5, 0.6) is 0 Å². The number of nitrogens with zero attached hydrogens (tertiary/aromatic N) is 4. The predicted molar refractivity (Wildman–Crippen MR) is 104 cm³/mol. The Bertz CT molecular complexity index is 1020. The van der Waals surface area contributed by atoms with Gasteiger partial charge in [-0.05, 0) is 55.2 Å². The van der Waals surface area contributed by atoms with Crippen molar-refractivity contribution in [3.05, 3.63) is 59.5 Å². The monoisotopic (exact) mass is 359 g/mol. The maximum Gasteiger partial charge on any atom is 0.255 e. The van der Waals surface area contributed by atoms with Crippen LogP contribution in [0.2, 0.25) is 0 Å². The highest BCUT2D eigenvalue weighted by Crippen LogP contribution is 2.29. The van der Waals surface area contributed by atoms with Gasteiger partial charge in [-0.2, -0.15) is 0 Å². The van der Waals surface area contributed by atoms with E-state index in [2.05, 4.69) is 27.4 Å². The topological polar surface area (TPSA) is 71.0 Å². The molecule has 1 saturated heterocycles. The van der Waals surface area contributed by atoms with Crippen LogP contribution in [0, 0.1) is 0 Å². The zero-order valence-corrected chi connectivity index (χ0v) is 15.1. The summed E-state index contributed by atoms with van der Waals surface area (Å²) in [6.07, 6.45) is 6.45. The van der Waals surface area contributed by atoms with Crippen molar-refractivity contribution in [2.24, 2.45) is 0 Å². The lowest BCUT2D eigenvalue weighted by molar-refractivity contribution is 0.0790. The molecule has 0 radical (unpaired) electrons. The number of pyridine rings is 3. The number of aromatic nitrogens is 3. The second kappa shape index (κ2) is 6.61. The van der Waals surface area contributed by atoms with Crippen LogP contribution in [0.15, 0.2) is 42.7 Å². The van der Waals surface area contributed by atoms with Crippen molar-refractivity contribution >= 4 is 22.8 Å². The molecule has 5 rings (SSSR count). The summed E-state index contributed by atoms with van der Waals surface area (Å²) < 4.78 is 0. The molecule has 0 aliphatic carbocycles. The number of nitrogens with one attached hydrogen (secondary N) is 1. The lowest BCUT2D eigenvalue weighted by atomic mass is 10.0. The molecule has 6 nitrogen and oxygen atoms in total. The Balaban J connectivity index is 1.34. The minimum Gasteiger partial charge on any atom is -0.370 e. The number of hydrogen-bond donors (Lipinski definition) is 1. The molecule has 136 valence electrons. The number of anilines is 1. The van der Waals surface area contributed by atoms with Crippen LogP contribution >= 0.6 is 0 Å². The van der Waals surface area contributed by atoms with E-state index >= 15 is 0 Å². The average Bonchev–Trinajstić information content (AvgIpc) is 3.23. The Morgan fingerprint density at radius 2 is 2.19 bits per heavy atom. The van der Waals surface area contributed by atoms with Crippen LogP contribution in [-0.4, -0.2) is 45.4 Å². The van der Waals surface area contributed by atoms with E-state index in [0.29, 0.717) is 12.1 Å². The minimum absolute atomic E-state index is 0.0669. The predicted octanol–water partition coefficient (Wildman–Crippen LogP) is 3.01. The highest BCUT2D eigenvalue weighted by molar-refractivity contribution is 5.94. The van der Waals surface area contributed by atoms with Crippen molar-refractivity contribution in [1.29, 1.82) is 0 Å². The molecule has 3 aromatic rings. The van der Waals surface area contributed by atoms with Crippen molar-refractivity contribution < 1.29 is 4.79 Å². The van der Waals surface area contributed by atoms with Gasteiger partial charge >= 0.3 is 0 Å². The summed E-state index contributed by atoms with van der Waals surface area (Å²) in [7, 11) is 0. The smallest absolute Gasteiger partial charge is 0.255 e. The first-order chi connectivity index (χ1) is 13.3. The van der Waals surface area contributed by atoms with Crippen LogP contribution in [-0.2, 0) is 6.42 Å². The summed E-state index contributed by atoms with van der Waals surface area (Å²) in [6.45, 7) is 2.40. The standard InChI is InChI=1S/C21H21N5O/c27-21(17-11-15-4-2-8-22-19(15)24-12-17)26-10-7-16(13-26)18-6-5-14-3-1-9-23-20(14)25-18/h1,3,5-6,9,11-12,16H,2,4,7-8,10,13H2,(H,22,24). The molecule has 0 aromatic carbocycles. The van der Waals surface area contributed by atoms with E-state index in [9.17, 15) is 4.79 Å². The van der Waals surface area contributed by atoms with Gasteiger partial charge in [-0.15, -0.1) is 0 Å². The van der Waals surface area contributed by atoms with Crippen LogP contribution in [0.25, 0.3) is 11.0 Å². The first-order valence-corrected chi connectivity index (χ1v) is 9.52. The highest BCUT2D eigenvalue weighted by atomic mass is 16.2. The molecule has 1 N–H and O–H groups in total. The van der Waals surface area contributed by atoms with Gasteiger partial charge in [-0.25, -0.2) is 15.0 Å². The van der Waals surface area contributed by atoms with Crippen LogP contribution < -0.4 is 5.32 Å². The third-order valence-electron chi connectivity index (χ3n) is 5.51. The number of hydrogen-bond acceptors (Lipinski definition) is 5. The van der Waals surface area contributed by atoms with Crippen molar-refractivity contribution in [1.82, 2.24) is 19.9 Å². The number of likely N-dealkylation sites (tertiary alicyclic amines) is 1. The second-order valence-corrected chi connectivity index (χ2v) is 7.29. The first-order valence-electron chi connectivity index (χ1n) is 9.52. The zero-order valence-electron chi connectivity index (χ0n) is 15.1. The Morgan fingerprint density at radius 3 is 3.15 bits per heavy atom. The Labute approximate surface area is 157 Å². The van der Waals surface area contributed by atoms with Crippen LogP contribution in [0.3, 0.4) is 0 Å². The fourth-order valence-electron chi connectivity index (χ4n) is 4.03. The summed E-state index contributed by atoms with van der Waals surface area (Å²) in [5.41, 5.74) is 3.62. The molecule has 1 amide bonds. The molecule has 2 aliphatic heterocycles. The number of rotatable bonds is 2. The molecule has 3 aromatic heterocycles. The SMILES string of the molecule is O=C(c1cnc2c(c1)CCCN2)N1CCC(c2ccc3cccnc3n2)C1. The van der Waals surface area contributed by atoms with E-state index < -0.39 is 0 Å². The average molecular weight is 359 g/mol. The van der Waals surface area contributed by atoms with Gasteiger partial charge in [-0.1, -0.05) is 0 Å². The van der Waals surface area contributed by atoms with E-state index in [1.807, 2.05) is 23.1 Å². The minimum atomic E-state index is 0.0669. The molecule has 27 heavy (non-hydrogen) atoms. The van der Waals surface area contributed by atoms with Crippen LogP contribution in [0.4, 0.5) is 5.82 Å². The van der Waals surface area contributed by atoms with E-state index in [1.54, 1.807) is 12.4 Å². The van der Waals surface area contributed by atoms with Crippen LogP contribution in [0.1, 0.15) is 40.4 Å². The van der Waals surface area contributed by atoms with Gasteiger partial charge in [0.05, 0.1) is 5.56 Å². The van der Waals surface area contributed by atoms with E-state index in [0.717, 1.165) is 60.5 Å². The summed E-state index contributed by atoms with van der Waals surface area (Å²) >= 11 is 0. The molecule has 1 atom stereocenters. The van der Waals surface area contributed by atoms with Crippen molar-refractivity contribution in [3.63, 3.8) is 0 Å². The van der Waals surface area contributed by atoms with Crippen molar-refractivity contribution in [3.8, 4) is 0 Å². The zero-order chi connectivity index (χ0) is 18.2. The third kappa shape index (κ3) is 3.01. The first kappa shape index (κ1) is 16.2. The van der Waals surface area contributed by atoms with E-state index in [-0.39, 0.29) is 11.8 Å². The Morgan fingerprint density at radius 1 is 1.22 bits per heavy atom. The molecule has 1 fully saturated rings. The lowest BCUT2D eigenvalue weighted by Crippen LogP contribution is -2.29. The summed E-state index contributed by atoms with van der Waals surface area (Å²) in [4.78, 5) is 28.4. The Kier molecular flexibility index (Phi) is 3.96. The largest absolute Gasteiger partial charge is 0.370 e. The number of carbonyl (C=O) groups is 1. The van der Waals surface area contributed by atoms with E-state index in [1.165, 1.54) is 0 Å². The number of carbonyl (C=O) groups excluding carboxylic acids is 1. The number of fused-ring (bicyclic) bond motifs is 2. The number of aryl methyl sites for hydroxylation is 1. The molecule has 1 unspecified atom stereocenters.